The molecule has 2 rings (SSSR count). The molecular formula is C19H30BrIN4O. The summed E-state index contributed by atoms with van der Waals surface area (Å²) in [5.41, 5.74) is 1.53. The number of benzene rings is 1. The first-order valence-electron chi connectivity index (χ1n) is 8.81. The van der Waals surface area contributed by atoms with E-state index in [-0.39, 0.29) is 41.8 Å². The highest BCUT2D eigenvalue weighted by molar-refractivity contribution is 14.0. The quantitative estimate of drug-likeness (QED) is 0.319. The lowest BCUT2D eigenvalue weighted by atomic mass is 9.96. The van der Waals surface area contributed by atoms with Crippen LogP contribution >= 0.6 is 39.9 Å². The standard InChI is InChI=1S/C19H29BrN4O.HI/c1-14(2)11-21-18(22-12-17(25)24(3)4)23-13-19(8-9-19)15-6-5-7-16(20)10-15;/h5-7,10,14H,8-9,11-13H2,1-4H3,(H2,21,22,23);1H. The molecular weight excluding hydrogens is 507 g/mol. The van der Waals surface area contributed by atoms with E-state index >= 15 is 0 Å². The highest BCUT2D eigenvalue weighted by Gasteiger charge is 2.44. The van der Waals surface area contributed by atoms with Gasteiger partial charge in [0, 0.05) is 37.1 Å². The van der Waals surface area contributed by atoms with Gasteiger partial charge >= 0.3 is 0 Å². The van der Waals surface area contributed by atoms with Crippen molar-refractivity contribution in [1.82, 2.24) is 15.5 Å². The normalized spacial score (nSPS) is 15.2. The number of guanidine groups is 1. The topological polar surface area (TPSA) is 56.7 Å². The molecule has 1 aliphatic rings. The van der Waals surface area contributed by atoms with Crippen molar-refractivity contribution in [3.8, 4) is 0 Å². The second-order valence-electron chi connectivity index (χ2n) is 7.37. The first-order valence-corrected chi connectivity index (χ1v) is 9.60. The van der Waals surface area contributed by atoms with Gasteiger partial charge in [0.05, 0.1) is 0 Å². The molecule has 0 unspecified atom stereocenters. The van der Waals surface area contributed by atoms with E-state index in [0.29, 0.717) is 11.9 Å². The van der Waals surface area contributed by atoms with Gasteiger partial charge in [0.2, 0.25) is 5.91 Å². The maximum absolute atomic E-state index is 11.8. The molecule has 2 N–H and O–H groups in total. The minimum atomic E-state index is -0.00114. The van der Waals surface area contributed by atoms with E-state index in [4.69, 9.17) is 0 Å². The summed E-state index contributed by atoms with van der Waals surface area (Å²) in [6.07, 6.45) is 2.34. The molecule has 146 valence electrons. The van der Waals surface area contributed by atoms with Gasteiger partial charge < -0.3 is 15.5 Å². The number of hydrogen-bond donors (Lipinski definition) is 2. The van der Waals surface area contributed by atoms with Crippen LogP contribution in [0.1, 0.15) is 32.3 Å². The number of hydrogen-bond acceptors (Lipinski definition) is 2. The molecule has 7 heteroatoms. The van der Waals surface area contributed by atoms with Crippen LogP contribution in [0.5, 0.6) is 0 Å². The molecule has 0 aliphatic heterocycles. The third-order valence-electron chi connectivity index (χ3n) is 4.43. The van der Waals surface area contributed by atoms with E-state index < -0.39 is 0 Å². The predicted octanol–water partition coefficient (Wildman–Crippen LogP) is 3.38. The Bertz CT molecular complexity index is 630. The fourth-order valence-corrected chi connectivity index (χ4v) is 2.95. The van der Waals surface area contributed by atoms with Crippen molar-refractivity contribution >= 4 is 51.8 Å². The fraction of sp³-hybridized carbons (Fsp3) is 0.579. The van der Waals surface area contributed by atoms with E-state index in [1.54, 1.807) is 19.0 Å². The molecule has 5 nitrogen and oxygen atoms in total. The summed E-state index contributed by atoms with van der Waals surface area (Å²) in [7, 11) is 3.50. The van der Waals surface area contributed by atoms with Crippen LogP contribution in [0.25, 0.3) is 0 Å². The third kappa shape index (κ3) is 7.06. The van der Waals surface area contributed by atoms with Crippen LogP contribution in [0.3, 0.4) is 0 Å². The molecule has 1 aromatic rings. The van der Waals surface area contributed by atoms with Gasteiger partial charge in [-0.1, -0.05) is 41.9 Å². The van der Waals surface area contributed by atoms with Crippen molar-refractivity contribution in [2.75, 3.05) is 33.7 Å². The molecule has 0 atom stereocenters. The Kier molecular flexibility index (Phi) is 9.36. The Morgan fingerprint density at radius 1 is 1.31 bits per heavy atom. The van der Waals surface area contributed by atoms with E-state index in [2.05, 4.69) is 69.7 Å². The molecule has 1 saturated carbocycles. The summed E-state index contributed by atoms with van der Waals surface area (Å²) in [4.78, 5) is 17.8. The number of rotatable bonds is 7. The highest BCUT2D eigenvalue weighted by atomic mass is 127. The van der Waals surface area contributed by atoms with Crippen LogP contribution in [0, 0.1) is 5.92 Å². The van der Waals surface area contributed by atoms with Gasteiger partial charge in [-0.2, -0.15) is 0 Å². The second kappa shape index (κ2) is 10.5. The number of likely N-dealkylation sites (N-methyl/N-ethyl adjacent to an activating group) is 1. The summed E-state index contributed by atoms with van der Waals surface area (Å²) in [5, 5.41) is 6.78. The number of carbonyl (C=O) groups is 1. The van der Waals surface area contributed by atoms with Crippen molar-refractivity contribution in [3.63, 3.8) is 0 Å². The number of amides is 1. The summed E-state index contributed by atoms with van der Waals surface area (Å²) in [5.74, 6) is 1.22. The Hall–Kier alpha value is -0.830. The first-order chi connectivity index (χ1) is 11.8. The number of aliphatic imine (C=N–C) groups is 1. The Balaban J connectivity index is 0.00000338. The van der Waals surface area contributed by atoms with Gasteiger partial charge in [0.1, 0.15) is 6.54 Å². The smallest absolute Gasteiger partial charge is 0.243 e. The minimum Gasteiger partial charge on any atom is -0.356 e. The SMILES string of the molecule is CC(C)CNC(=NCC(=O)N(C)C)NCC1(c2cccc(Br)c2)CC1.I. The van der Waals surface area contributed by atoms with E-state index in [9.17, 15) is 4.79 Å². The number of carbonyl (C=O) groups excluding carboxylic acids is 1. The van der Waals surface area contributed by atoms with Gasteiger partial charge in [-0.3, -0.25) is 4.79 Å². The Morgan fingerprint density at radius 3 is 2.54 bits per heavy atom. The Morgan fingerprint density at radius 2 is 2.00 bits per heavy atom. The maximum atomic E-state index is 11.8. The van der Waals surface area contributed by atoms with Crippen molar-refractivity contribution < 1.29 is 4.79 Å². The summed E-state index contributed by atoms with van der Waals surface area (Å²) >= 11 is 3.56. The fourth-order valence-electron chi connectivity index (χ4n) is 2.55. The van der Waals surface area contributed by atoms with Crippen LogP contribution in [0.4, 0.5) is 0 Å². The molecule has 1 amide bonds. The molecule has 1 aromatic carbocycles. The van der Waals surface area contributed by atoms with E-state index in [1.165, 1.54) is 18.4 Å². The zero-order valence-electron chi connectivity index (χ0n) is 16.0. The van der Waals surface area contributed by atoms with Crippen LogP contribution in [-0.4, -0.2) is 50.5 Å². The Labute approximate surface area is 182 Å². The molecule has 1 fully saturated rings. The van der Waals surface area contributed by atoms with Crippen molar-refractivity contribution in [1.29, 1.82) is 0 Å². The largest absolute Gasteiger partial charge is 0.356 e. The van der Waals surface area contributed by atoms with Gasteiger partial charge in [0.15, 0.2) is 5.96 Å². The summed E-state index contributed by atoms with van der Waals surface area (Å²) < 4.78 is 1.11. The number of halogens is 2. The molecule has 0 aromatic heterocycles. The van der Waals surface area contributed by atoms with Crippen LogP contribution in [0.2, 0.25) is 0 Å². The van der Waals surface area contributed by atoms with Crippen LogP contribution < -0.4 is 10.6 Å². The lowest BCUT2D eigenvalue weighted by Gasteiger charge is -2.20. The molecule has 0 saturated heterocycles. The van der Waals surface area contributed by atoms with Crippen LogP contribution in [0.15, 0.2) is 33.7 Å². The molecule has 0 heterocycles. The highest BCUT2D eigenvalue weighted by Crippen LogP contribution is 2.48. The average molecular weight is 537 g/mol. The predicted molar refractivity (Wildman–Crippen MR) is 122 cm³/mol. The molecule has 0 bridgehead atoms. The van der Waals surface area contributed by atoms with Gasteiger partial charge in [-0.05, 0) is 36.5 Å². The number of nitrogens with one attached hydrogen (secondary N) is 2. The molecule has 26 heavy (non-hydrogen) atoms. The van der Waals surface area contributed by atoms with Crippen molar-refractivity contribution in [2.45, 2.75) is 32.1 Å². The maximum Gasteiger partial charge on any atom is 0.243 e. The lowest BCUT2D eigenvalue weighted by Crippen LogP contribution is -2.43. The first kappa shape index (κ1) is 23.2. The lowest BCUT2D eigenvalue weighted by molar-refractivity contribution is -0.127. The van der Waals surface area contributed by atoms with Gasteiger partial charge in [-0.15, -0.1) is 24.0 Å². The van der Waals surface area contributed by atoms with Crippen molar-refractivity contribution in [2.24, 2.45) is 10.9 Å². The molecule has 0 radical (unpaired) electrons. The minimum absolute atomic E-state index is 0. The van der Waals surface area contributed by atoms with Gasteiger partial charge in [0.25, 0.3) is 0 Å². The monoisotopic (exact) mass is 536 g/mol. The zero-order valence-corrected chi connectivity index (χ0v) is 19.9. The average Bonchev–Trinajstić information content (AvgIpc) is 3.34. The molecule has 0 spiro atoms. The van der Waals surface area contributed by atoms with Crippen molar-refractivity contribution in [3.05, 3.63) is 34.3 Å². The third-order valence-corrected chi connectivity index (χ3v) is 4.93. The summed E-state index contributed by atoms with van der Waals surface area (Å²) in [6, 6.07) is 8.52. The second-order valence-corrected chi connectivity index (χ2v) is 8.29. The van der Waals surface area contributed by atoms with E-state index in [0.717, 1.165) is 17.6 Å². The van der Waals surface area contributed by atoms with Gasteiger partial charge in [-0.25, -0.2) is 4.99 Å². The molecule has 1 aliphatic carbocycles. The van der Waals surface area contributed by atoms with Crippen LogP contribution in [-0.2, 0) is 10.2 Å². The summed E-state index contributed by atoms with van der Waals surface area (Å²) in [6.45, 7) is 6.11. The number of nitrogens with zero attached hydrogens (tertiary/aromatic N) is 2. The zero-order chi connectivity index (χ0) is 18.4. The van der Waals surface area contributed by atoms with E-state index in [1.807, 2.05) is 0 Å².